The predicted octanol–water partition coefficient (Wildman–Crippen LogP) is 0.853. The quantitative estimate of drug-likeness (QED) is 0.890. The number of ether oxygens (including phenoxy) is 1. The molecule has 2 heterocycles. The Balaban J connectivity index is 1.79. The molecule has 1 aliphatic rings. The number of aliphatic hydroxyl groups is 1. The Kier molecular flexibility index (Phi) is 2.91. The van der Waals surface area contributed by atoms with Crippen LogP contribution >= 0.6 is 0 Å². The number of rotatable bonds is 3. The van der Waals surface area contributed by atoms with E-state index in [0.29, 0.717) is 19.6 Å². The number of nitrogens with zero attached hydrogens (tertiary/aromatic N) is 2. The number of hydrogen-bond acceptors (Lipinski definition) is 3. The lowest BCUT2D eigenvalue weighted by atomic mass is 10.2. The van der Waals surface area contributed by atoms with E-state index in [4.69, 9.17) is 4.74 Å². The minimum atomic E-state index is -0.352. The van der Waals surface area contributed by atoms with Crippen LogP contribution in [0.5, 0.6) is 5.75 Å². The summed E-state index contributed by atoms with van der Waals surface area (Å²) in [5.41, 5.74) is 1.01. The topological polar surface area (TPSA) is 54.7 Å². The number of hydrogen-bond donors (Lipinski definition) is 1. The number of β-amino-alcohol motifs (C(OH)–C–C–N with tert-alkyl or cyclic N) is 1. The van der Waals surface area contributed by atoms with Crippen molar-refractivity contribution in [2.75, 3.05) is 20.2 Å². The van der Waals surface area contributed by atoms with E-state index in [1.54, 1.807) is 12.0 Å². The molecule has 0 radical (unpaired) electrons. The van der Waals surface area contributed by atoms with Gasteiger partial charge in [0.15, 0.2) is 0 Å². The molecule has 0 bridgehead atoms. The van der Waals surface area contributed by atoms with Gasteiger partial charge in [0.25, 0.3) is 0 Å². The molecule has 0 aliphatic carbocycles. The van der Waals surface area contributed by atoms with Gasteiger partial charge in [-0.2, -0.15) is 0 Å². The van der Waals surface area contributed by atoms with Gasteiger partial charge in [0.2, 0.25) is 5.91 Å². The van der Waals surface area contributed by atoms with E-state index >= 15 is 0 Å². The number of carbonyl (C=O) groups is 1. The first-order chi connectivity index (χ1) is 9.17. The first-order valence-electron chi connectivity index (χ1n) is 6.26. The summed E-state index contributed by atoms with van der Waals surface area (Å²) in [6.07, 6.45) is 1.55. The first kappa shape index (κ1) is 12.0. The fourth-order valence-electron chi connectivity index (χ4n) is 2.35. The van der Waals surface area contributed by atoms with Gasteiger partial charge in [-0.05, 0) is 24.3 Å². The van der Waals surface area contributed by atoms with Gasteiger partial charge >= 0.3 is 0 Å². The number of likely N-dealkylation sites (tertiary alicyclic amines) is 1. The molecule has 1 N–H and O–H groups in total. The highest BCUT2D eigenvalue weighted by Gasteiger charge is 2.28. The van der Waals surface area contributed by atoms with Crippen molar-refractivity contribution in [1.82, 2.24) is 9.47 Å². The van der Waals surface area contributed by atoms with Gasteiger partial charge in [-0.1, -0.05) is 0 Å². The molecule has 1 aromatic heterocycles. The summed E-state index contributed by atoms with van der Waals surface area (Å²) < 4.78 is 7.10. The van der Waals surface area contributed by atoms with Crippen molar-refractivity contribution >= 4 is 16.8 Å². The van der Waals surface area contributed by atoms with Crippen molar-refractivity contribution < 1.29 is 14.6 Å². The summed E-state index contributed by atoms with van der Waals surface area (Å²) in [6.45, 7) is 1.21. The highest BCUT2D eigenvalue weighted by Crippen LogP contribution is 2.22. The summed E-state index contributed by atoms with van der Waals surface area (Å²) >= 11 is 0. The fraction of sp³-hybridized carbons (Fsp3) is 0.357. The van der Waals surface area contributed by atoms with Crippen LogP contribution in [0.1, 0.15) is 0 Å². The second-order valence-electron chi connectivity index (χ2n) is 4.82. The second kappa shape index (κ2) is 4.59. The molecule has 0 saturated carbocycles. The molecule has 5 nitrogen and oxygen atoms in total. The van der Waals surface area contributed by atoms with Crippen molar-refractivity contribution in [2.24, 2.45) is 0 Å². The zero-order valence-electron chi connectivity index (χ0n) is 10.7. The van der Waals surface area contributed by atoms with E-state index in [1.807, 2.05) is 35.0 Å². The third kappa shape index (κ3) is 2.17. The Morgan fingerprint density at radius 1 is 1.42 bits per heavy atom. The van der Waals surface area contributed by atoms with Crippen molar-refractivity contribution in [1.29, 1.82) is 0 Å². The normalized spacial score (nSPS) is 15.6. The average Bonchev–Trinajstić information content (AvgIpc) is 2.77. The van der Waals surface area contributed by atoms with Crippen LogP contribution in [0.15, 0.2) is 30.5 Å². The van der Waals surface area contributed by atoms with Crippen LogP contribution in [0.4, 0.5) is 0 Å². The van der Waals surface area contributed by atoms with Crippen LogP contribution in [0.2, 0.25) is 0 Å². The summed E-state index contributed by atoms with van der Waals surface area (Å²) in [7, 11) is 1.64. The third-order valence-corrected chi connectivity index (χ3v) is 3.50. The molecular weight excluding hydrogens is 244 g/mol. The minimum Gasteiger partial charge on any atom is -0.497 e. The summed E-state index contributed by atoms with van der Waals surface area (Å²) in [6, 6.07) is 7.75. The zero-order valence-corrected chi connectivity index (χ0v) is 10.7. The molecular formula is C14H16N2O3. The molecule has 0 unspecified atom stereocenters. The SMILES string of the molecule is COc1ccc2c(ccn2CC(=O)N2CC(O)C2)c1. The Morgan fingerprint density at radius 2 is 2.21 bits per heavy atom. The Bertz CT molecular complexity index is 614. The predicted molar refractivity (Wildman–Crippen MR) is 71.1 cm³/mol. The molecule has 1 saturated heterocycles. The van der Waals surface area contributed by atoms with Gasteiger partial charge in [-0.15, -0.1) is 0 Å². The Labute approximate surface area is 111 Å². The maximum atomic E-state index is 12.0. The minimum absolute atomic E-state index is 0.0404. The molecule has 1 fully saturated rings. The number of aromatic nitrogens is 1. The highest BCUT2D eigenvalue weighted by atomic mass is 16.5. The maximum absolute atomic E-state index is 12.0. The van der Waals surface area contributed by atoms with Crippen LogP contribution in [-0.4, -0.2) is 46.8 Å². The van der Waals surface area contributed by atoms with Crippen molar-refractivity contribution in [3.63, 3.8) is 0 Å². The standard InChI is InChI=1S/C14H16N2O3/c1-19-12-2-3-13-10(6-12)4-5-15(13)9-14(18)16-7-11(17)8-16/h2-6,11,17H,7-9H2,1H3. The van der Waals surface area contributed by atoms with Crippen molar-refractivity contribution in [3.8, 4) is 5.75 Å². The van der Waals surface area contributed by atoms with E-state index in [0.717, 1.165) is 16.7 Å². The molecule has 1 aromatic carbocycles. The molecule has 100 valence electrons. The van der Waals surface area contributed by atoms with E-state index in [1.165, 1.54) is 0 Å². The van der Waals surface area contributed by atoms with Gasteiger partial charge in [-0.3, -0.25) is 4.79 Å². The van der Waals surface area contributed by atoms with E-state index in [9.17, 15) is 9.90 Å². The fourth-order valence-corrected chi connectivity index (χ4v) is 2.35. The largest absolute Gasteiger partial charge is 0.497 e. The Morgan fingerprint density at radius 3 is 2.89 bits per heavy atom. The molecule has 3 rings (SSSR count). The number of benzene rings is 1. The lowest BCUT2D eigenvalue weighted by molar-refractivity contribution is -0.141. The molecule has 5 heteroatoms. The number of amides is 1. The van der Waals surface area contributed by atoms with Crippen LogP contribution in [0.3, 0.4) is 0 Å². The molecule has 1 aliphatic heterocycles. The van der Waals surface area contributed by atoms with Crippen molar-refractivity contribution in [3.05, 3.63) is 30.5 Å². The van der Waals surface area contributed by atoms with Gasteiger partial charge < -0.3 is 19.3 Å². The van der Waals surface area contributed by atoms with Gasteiger partial charge in [-0.25, -0.2) is 0 Å². The zero-order chi connectivity index (χ0) is 13.4. The first-order valence-corrected chi connectivity index (χ1v) is 6.26. The van der Waals surface area contributed by atoms with E-state index in [2.05, 4.69) is 0 Å². The number of aliphatic hydroxyl groups excluding tert-OH is 1. The summed E-state index contributed by atoms with van der Waals surface area (Å²) in [5.74, 6) is 0.848. The number of methoxy groups -OCH3 is 1. The highest BCUT2D eigenvalue weighted by molar-refractivity contribution is 5.84. The lowest BCUT2D eigenvalue weighted by Gasteiger charge is -2.36. The van der Waals surface area contributed by atoms with Gasteiger partial charge in [0.1, 0.15) is 12.3 Å². The van der Waals surface area contributed by atoms with Crippen LogP contribution in [0.25, 0.3) is 10.9 Å². The monoisotopic (exact) mass is 260 g/mol. The van der Waals surface area contributed by atoms with E-state index in [-0.39, 0.29) is 12.0 Å². The molecule has 19 heavy (non-hydrogen) atoms. The van der Waals surface area contributed by atoms with Crippen LogP contribution < -0.4 is 4.74 Å². The summed E-state index contributed by atoms with van der Waals surface area (Å²) in [4.78, 5) is 13.6. The second-order valence-corrected chi connectivity index (χ2v) is 4.82. The van der Waals surface area contributed by atoms with Gasteiger partial charge in [0.05, 0.1) is 13.2 Å². The Hall–Kier alpha value is -2.01. The van der Waals surface area contributed by atoms with Gasteiger partial charge in [0, 0.05) is 30.2 Å². The van der Waals surface area contributed by atoms with Crippen molar-refractivity contribution in [2.45, 2.75) is 12.6 Å². The number of fused-ring (bicyclic) bond motifs is 1. The van der Waals surface area contributed by atoms with Crippen LogP contribution in [-0.2, 0) is 11.3 Å². The smallest absolute Gasteiger partial charge is 0.242 e. The average molecular weight is 260 g/mol. The van der Waals surface area contributed by atoms with E-state index < -0.39 is 0 Å². The lowest BCUT2D eigenvalue weighted by Crippen LogP contribution is -2.54. The molecule has 0 atom stereocenters. The molecule has 0 spiro atoms. The third-order valence-electron chi connectivity index (χ3n) is 3.50. The number of carbonyl (C=O) groups excluding carboxylic acids is 1. The van der Waals surface area contributed by atoms with Crippen LogP contribution in [0, 0.1) is 0 Å². The summed E-state index contributed by atoms with van der Waals surface area (Å²) in [5, 5.41) is 10.3. The molecule has 2 aromatic rings. The molecule has 1 amide bonds. The maximum Gasteiger partial charge on any atom is 0.242 e.